The summed E-state index contributed by atoms with van der Waals surface area (Å²) < 4.78 is 5.34. The smallest absolute Gasteiger partial charge is 0.235 e. The minimum absolute atomic E-state index is 0.0576. The minimum atomic E-state index is -0.234. The molecular weight excluding hydrogens is 272 g/mol. The lowest BCUT2D eigenvalue weighted by molar-refractivity contribution is -0.118. The number of hydrogen-bond acceptors (Lipinski definition) is 2. The molecule has 6 heteroatoms. The summed E-state index contributed by atoms with van der Waals surface area (Å²) in [4.78, 5) is 10.8. The van der Waals surface area contributed by atoms with Crippen molar-refractivity contribution in [2.45, 2.75) is 0 Å². The van der Waals surface area contributed by atoms with Gasteiger partial charge in [-0.25, -0.2) is 0 Å². The zero-order valence-electron chi connectivity index (χ0n) is 8.30. The molecule has 16 heavy (non-hydrogen) atoms. The number of benzene rings is 1. The number of rotatable bonds is 5. The van der Waals surface area contributed by atoms with Gasteiger partial charge >= 0.3 is 0 Å². The van der Waals surface area contributed by atoms with Gasteiger partial charge in [-0.05, 0) is 12.1 Å². The van der Waals surface area contributed by atoms with Gasteiger partial charge < -0.3 is 10.1 Å². The summed E-state index contributed by atoms with van der Waals surface area (Å²) in [6, 6.07) is 5.12. The Bertz CT molecular complexity index is 371. The summed E-state index contributed by atoms with van der Waals surface area (Å²) in [6.45, 7) is 0.678. The van der Waals surface area contributed by atoms with Crippen LogP contribution in [0.5, 0.6) is 5.75 Å². The van der Waals surface area contributed by atoms with E-state index in [9.17, 15) is 4.79 Å². The van der Waals surface area contributed by atoms with Crippen molar-refractivity contribution in [1.29, 1.82) is 0 Å². The van der Waals surface area contributed by atoms with Crippen molar-refractivity contribution in [3.05, 3.63) is 28.2 Å². The Morgan fingerprint density at radius 1 is 1.38 bits per heavy atom. The largest absolute Gasteiger partial charge is 0.490 e. The van der Waals surface area contributed by atoms with Gasteiger partial charge in [0.15, 0.2) is 0 Å². The van der Waals surface area contributed by atoms with Crippen LogP contribution in [0.4, 0.5) is 0 Å². The molecule has 0 heterocycles. The van der Waals surface area contributed by atoms with Gasteiger partial charge in [0.05, 0.1) is 11.6 Å². The molecule has 0 aliphatic heterocycles. The predicted molar refractivity (Wildman–Crippen MR) is 65.7 cm³/mol. The van der Waals surface area contributed by atoms with E-state index in [-0.39, 0.29) is 11.8 Å². The molecule has 1 aromatic carbocycles. The molecule has 0 unspecified atom stereocenters. The third kappa shape index (κ3) is 4.08. The maximum Gasteiger partial charge on any atom is 0.235 e. The van der Waals surface area contributed by atoms with E-state index in [4.69, 9.17) is 39.5 Å². The molecule has 0 atom stereocenters. The van der Waals surface area contributed by atoms with E-state index in [0.29, 0.717) is 28.9 Å². The van der Waals surface area contributed by atoms with Crippen molar-refractivity contribution in [1.82, 2.24) is 5.32 Å². The van der Waals surface area contributed by atoms with Gasteiger partial charge in [0, 0.05) is 0 Å². The molecular formula is C10H10Cl3NO2. The van der Waals surface area contributed by atoms with Crippen molar-refractivity contribution < 1.29 is 9.53 Å². The Kier molecular flexibility index (Phi) is 5.74. The van der Waals surface area contributed by atoms with Gasteiger partial charge in [0.1, 0.15) is 23.3 Å². The molecule has 0 saturated carbocycles. The number of amides is 1. The van der Waals surface area contributed by atoms with E-state index in [1.807, 2.05) is 0 Å². The molecule has 0 aliphatic rings. The van der Waals surface area contributed by atoms with Gasteiger partial charge in [0.25, 0.3) is 0 Å². The summed E-state index contributed by atoms with van der Waals surface area (Å²) in [5.74, 6) is 0.203. The maximum absolute atomic E-state index is 10.8. The number of halogens is 3. The molecule has 0 aromatic heterocycles. The fraction of sp³-hybridized carbons (Fsp3) is 0.300. The first-order valence-corrected chi connectivity index (χ1v) is 5.83. The lowest BCUT2D eigenvalue weighted by atomic mass is 10.3. The lowest BCUT2D eigenvalue weighted by Gasteiger charge is -2.09. The predicted octanol–water partition coefficient (Wildman–Crippen LogP) is 2.73. The topological polar surface area (TPSA) is 38.3 Å². The molecule has 0 saturated heterocycles. The second-order valence-corrected chi connectivity index (χ2v) is 3.94. The summed E-state index contributed by atoms with van der Waals surface area (Å²) >= 11 is 17.0. The Morgan fingerprint density at radius 3 is 2.81 bits per heavy atom. The summed E-state index contributed by atoms with van der Waals surface area (Å²) in [7, 11) is 0. The first-order chi connectivity index (χ1) is 7.65. The fourth-order valence-electron chi connectivity index (χ4n) is 0.994. The molecule has 0 bridgehead atoms. The molecule has 1 N–H and O–H groups in total. The van der Waals surface area contributed by atoms with Crippen LogP contribution in [-0.4, -0.2) is 24.9 Å². The standard InChI is InChI=1S/C10H10Cl3NO2/c11-6-9(15)14-4-5-16-8-3-1-2-7(12)10(8)13/h1-3H,4-6H2,(H,14,15). The number of carbonyl (C=O) groups is 1. The van der Waals surface area contributed by atoms with E-state index in [1.54, 1.807) is 18.2 Å². The van der Waals surface area contributed by atoms with Crippen LogP contribution in [0.3, 0.4) is 0 Å². The van der Waals surface area contributed by atoms with Crippen molar-refractivity contribution in [2.75, 3.05) is 19.0 Å². The van der Waals surface area contributed by atoms with Gasteiger partial charge in [-0.1, -0.05) is 29.3 Å². The van der Waals surface area contributed by atoms with Crippen molar-refractivity contribution in [3.63, 3.8) is 0 Å². The quantitative estimate of drug-likeness (QED) is 0.666. The van der Waals surface area contributed by atoms with E-state index >= 15 is 0 Å². The maximum atomic E-state index is 10.8. The van der Waals surface area contributed by atoms with Crippen LogP contribution in [-0.2, 0) is 4.79 Å². The molecule has 1 rings (SSSR count). The van der Waals surface area contributed by atoms with Gasteiger partial charge in [-0.2, -0.15) is 0 Å². The molecule has 88 valence electrons. The Balaban J connectivity index is 2.38. The zero-order chi connectivity index (χ0) is 12.0. The minimum Gasteiger partial charge on any atom is -0.490 e. The molecule has 3 nitrogen and oxygen atoms in total. The molecule has 0 aliphatic carbocycles. The highest BCUT2D eigenvalue weighted by atomic mass is 35.5. The molecule has 0 spiro atoms. The Hall–Kier alpha value is -0.640. The van der Waals surface area contributed by atoms with Crippen LogP contribution >= 0.6 is 34.8 Å². The summed E-state index contributed by atoms with van der Waals surface area (Å²) in [6.07, 6.45) is 0. The number of ether oxygens (including phenoxy) is 1. The molecule has 1 amide bonds. The molecule has 0 radical (unpaired) electrons. The monoisotopic (exact) mass is 281 g/mol. The highest BCUT2D eigenvalue weighted by Gasteiger charge is 2.05. The summed E-state index contributed by atoms with van der Waals surface area (Å²) in [5, 5.41) is 3.37. The summed E-state index contributed by atoms with van der Waals surface area (Å²) in [5.41, 5.74) is 0. The number of alkyl halides is 1. The normalized spacial score (nSPS) is 9.94. The first kappa shape index (κ1) is 13.4. The highest BCUT2D eigenvalue weighted by Crippen LogP contribution is 2.31. The fourth-order valence-corrected chi connectivity index (χ4v) is 1.44. The Labute approximate surface area is 109 Å². The lowest BCUT2D eigenvalue weighted by Crippen LogP contribution is -2.28. The third-order valence-corrected chi connectivity index (χ3v) is 2.76. The van der Waals surface area contributed by atoms with E-state index < -0.39 is 0 Å². The van der Waals surface area contributed by atoms with E-state index in [1.165, 1.54) is 0 Å². The van der Waals surface area contributed by atoms with Crippen LogP contribution in [0, 0.1) is 0 Å². The highest BCUT2D eigenvalue weighted by molar-refractivity contribution is 6.42. The average molecular weight is 283 g/mol. The second kappa shape index (κ2) is 6.84. The van der Waals surface area contributed by atoms with Crippen LogP contribution in [0.1, 0.15) is 0 Å². The van der Waals surface area contributed by atoms with E-state index in [2.05, 4.69) is 5.32 Å². The number of carbonyl (C=O) groups excluding carboxylic acids is 1. The van der Waals surface area contributed by atoms with Crippen LogP contribution in [0.25, 0.3) is 0 Å². The second-order valence-electron chi connectivity index (χ2n) is 2.88. The Morgan fingerprint density at radius 2 is 2.12 bits per heavy atom. The third-order valence-electron chi connectivity index (χ3n) is 1.72. The SMILES string of the molecule is O=C(CCl)NCCOc1cccc(Cl)c1Cl. The van der Waals surface area contributed by atoms with Crippen LogP contribution < -0.4 is 10.1 Å². The zero-order valence-corrected chi connectivity index (χ0v) is 10.6. The average Bonchev–Trinajstić information content (AvgIpc) is 2.29. The van der Waals surface area contributed by atoms with Crippen molar-refractivity contribution in [3.8, 4) is 5.75 Å². The molecule has 0 fully saturated rings. The van der Waals surface area contributed by atoms with Crippen molar-refractivity contribution >= 4 is 40.7 Å². The number of nitrogens with one attached hydrogen (secondary N) is 1. The van der Waals surface area contributed by atoms with Gasteiger partial charge in [-0.15, -0.1) is 11.6 Å². The van der Waals surface area contributed by atoms with Gasteiger partial charge in [0.2, 0.25) is 5.91 Å². The molecule has 1 aromatic rings. The van der Waals surface area contributed by atoms with Crippen LogP contribution in [0.2, 0.25) is 10.0 Å². The van der Waals surface area contributed by atoms with Crippen LogP contribution in [0.15, 0.2) is 18.2 Å². The van der Waals surface area contributed by atoms with Gasteiger partial charge in [-0.3, -0.25) is 4.79 Å². The first-order valence-electron chi connectivity index (χ1n) is 4.54. The van der Waals surface area contributed by atoms with E-state index in [0.717, 1.165) is 0 Å². The number of hydrogen-bond donors (Lipinski definition) is 1. The van der Waals surface area contributed by atoms with Crippen molar-refractivity contribution in [2.24, 2.45) is 0 Å².